The number of nitrogens with one attached hydrogen (secondary N) is 1. The van der Waals surface area contributed by atoms with E-state index >= 15 is 0 Å². The number of ether oxygens (including phenoxy) is 3. The first kappa shape index (κ1) is 34.5. The van der Waals surface area contributed by atoms with Crippen LogP contribution in [-0.4, -0.2) is 64.6 Å². The molecule has 0 aliphatic rings. The van der Waals surface area contributed by atoms with Crippen molar-refractivity contribution in [3.8, 4) is 17.2 Å². The fourth-order valence-electron chi connectivity index (χ4n) is 4.37. The summed E-state index contributed by atoms with van der Waals surface area (Å²) in [6.07, 6.45) is 0.700. The molecule has 238 valence electrons. The molecule has 0 aliphatic carbocycles. The highest BCUT2D eigenvalue weighted by Gasteiger charge is 2.33. The average Bonchev–Trinajstić information content (AvgIpc) is 3.02. The molecule has 0 spiro atoms. The molecule has 3 rings (SSSR count). The van der Waals surface area contributed by atoms with Crippen LogP contribution in [0.3, 0.4) is 0 Å². The third-order valence-electron chi connectivity index (χ3n) is 7.12. The predicted molar refractivity (Wildman–Crippen MR) is 171 cm³/mol. The number of sulfonamides is 1. The largest absolute Gasteiger partial charge is 0.494 e. The van der Waals surface area contributed by atoms with Gasteiger partial charge in [-0.15, -0.1) is 0 Å². The zero-order valence-corrected chi connectivity index (χ0v) is 27.4. The smallest absolute Gasteiger partial charge is 0.264 e. The lowest BCUT2D eigenvalue weighted by Gasteiger charge is -2.32. The second-order valence-electron chi connectivity index (χ2n) is 10.1. The van der Waals surface area contributed by atoms with Crippen molar-refractivity contribution in [2.24, 2.45) is 0 Å². The van der Waals surface area contributed by atoms with Crippen LogP contribution >= 0.6 is 11.6 Å². The van der Waals surface area contributed by atoms with Crippen LogP contribution in [0.15, 0.2) is 71.6 Å². The lowest BCUT2D eigenvalue weighted by atomic mass is 10.1. The van der Waals surface area contributed by atoms with Crippen LogP contribution in [0.5, 0.6) is 17.2 Å². The van der Waals surface area contributed by atoms with E-state index in [1.807, 2.05) is 20.8 Å². The summed E-state index contributed by atoms with van der Waals surface area (Å²) < 4.78 is 45.5. The maximum atomic E-state index is 14.2. The molecule has 2 atom stereocenters. The Labute approximate surface area is 264 Å². The van der Waals surface area contributed by atoms with Gasteiger partial charge in [-0.2, -0.15) is 0 Å². The van der Waals surface area contributed by atoms with Gasteiger partial charge in [0.1, 0.15) is 18.3 Å². The van der Waals surface area contributed by atoms with Crippen molar-refractivity contribution >= 4 is 39.1 Å². The van der Waals surface area contributed by atoms with Gasteiger partial charge in [-0.3, -0.25) is 13.9 Å². The topological polar surface area (TPSA) is 114 Å². The summed E-state index contributed by atoms with van der Waals surface area (Å²) in [5.41, 5.74) is 0.840. The molecule has 10 nitrogen and oxygen atoms in total. The van der Waals surface area contributed by atoms with Gasteiger partial charge in [0.15, 0.2) is 11.5 Å². The lowest BCUT2D eigenvalue weighted by molar-refractivity contribution is -0.139. The van der Waals surface area contributed by atoms with Crippen molar-refractivity contribution < 1.29 is 32.2 Å². The van der Waals surface area contributed by atoms with Gasteiger partial charge in [-0.25, -0.2) is 8.42 Å². The first-order chi connectivity index (χ1) is 21.0. The SMILES string of the molecule is CCOc1ccc(N(CC(=O)N(Cc2ccccc2Cl)[C@@H](C)C(=O)N[C@H](C)CC)S(=O)(=O)c2ccc(OC)c(OC)c2)cc1. The molecular weight excluding hydrogens is 606 g/mol. The van der Waals surface area contributed by atoms with Crippen LogP contribution < -0.4 is 23.8 Å². The minimum Gasteiger partial charge on any atom is -0.494 e. The fourth-order valence-corrected chi connectivity index (χ4v) is 5.99. The highest BCUT2D eigenvalue weighted by Crippen LogP contribution is 2.33. The molecule has 0 radical (unpaired) electrons. The van der Waals surface area contributed by atoms with Gasteiger partial charge >= 0.3 is 0 Å². The summed E-state index contributed by atoms with van der Waals surface area (Å²) in [6, 6.07) is 16.5. The van der Waals surface area contributed by atoms with E-state index in [0.717, 1.165) is 4.31 Å². The Hall–Kier alpha value is -3.96. The van der Waals surface area contributed by atoms with Gasteiger partial charge in [0.2, 0.25) is 11.8 Å². The number of nitrogens with zero attached hydrogens (tertiary/aromatic N) is 2. The summed E-state index contributed by atoms with van der Waals surface area (Å²) in [6.45, 7) is 7.07. The molecule has 0 bridgehead atoms. The summed E-state index contributed by atoms with van der Waals surface area (Å²) >= 11 is 6.43. The van der Waals surface area contributed by atoms with Gasteiger partial charge in [-0.05, 0) is 75.2 Å². The van der Waals surface area contributed by atoms with E-state index in [1.54, 1.807) is 55.5 Å². The molecule has 2 amide bonds. The van der Waals surface area contributed by atoms with Gasteiger partial charge in [-0.1, -0.05) is 36.7 Å². The maximum Gasteiger partial charge on any atom is 0.264 e. The minimum atomic E-state index is -4.33. The van der Waals surface area contributed by atoms with Crippen molar-refractivity contribution in [1.82, 2.24) is 10.2 Å². The number of methoxy groups -OCH3 is 2. The van der Waals surface area contributed by atoms with Gasteiger partial charge in [0.05, 0.1) is 31.4 Å². The van der Waals surface area contributed by atoms with Crippen molar-refractivity contribution in [2.45, 2.75) is 57.6 Å². The number of amides is 2. The first-order valence-electron chi connectivity index (χ1n) is 14.3. The Morgan fingerprint density at radius 1 is 0.932 bits per heavy atom. The molecule has 0 saturated carbocycles. The average molecular weight is 646 g/mol. The second-order valence-corrected chi connectivity index (χ2v) is 12.3. The molecular formula is C32H40ClN3O7S. The maximum absolute atomic E-state index is 14.2. The van der Waals surface area contributed by atoms with E-state index in [2.05, 4.69) is 5.32 Å². The number of rotatable bonds is 15. The van der Waals surface area contributed by atoms with Crippen LogP contribution in [-0.2, 0) is 26.2 Å². The Morgan fingerprint density at radius 3 is 2.18 bits per heavy atom. The number of carbonyl (C=O) groups excluding carboxylic acids is 2. The third-order valence-corrected chi connectivity index (χ3v) is 9.26. The summed E-state index contributed by atoms with van der Waals surface area (Å²) in [7, 11) is -1.48. The highest BCUT2D eigenvalue weighted by atomic mass is 35.5. The number of anilines is 1. The van der Waals surface area contributed by atoms with E-state index < -0.39 is 28.5 Å². The van der Waals surface area contributed by atoms with Crippen LogP contribution in [0.1, 0.15) is 39.7 Å². The van der Waals surface area contributed by atoms with Crippen LogP contribution in [0.4, 0.5) is 5.69 Å². The number of benzene rings is 3. The molecule has 12 heteroatoms. The number of carbonyl (C=O) groups is 2. The molecule has 1 N–H and O–H groups in total. The molecule has 0 heterocycles. The van der Waals surface area contributed by atoms with E-state index in [0.29, 0.717) is 35.1 Å². The molecule has 0 fully saturated rings. The van der Waals surface area contributed by atoms with E-state index in [4.69, 9.17) is 25.8 Å². The van der Waals surface area contributed by atoms with Crippen molar-refractivity contribution in [3.63, 3.8) is 0 Å². The van der Waals surface area contributed by atoms with Crippen molar-refractivity contribution in [2.75, 3.05) is 31.7 Å². The Morgan fingerprint density at radius 2 is 1.59 bits per heavy atom. The Balaban J connectivity index is 2.09. The van der Waals surface area contributed by atoms with Gasteiger partial charge < -0.3 is 24.4 Å². The number of halogens is 1. The van der Waals surface area contributed by atoms with Crippen LogP contribution in [0.25, 0.3) is 0 Å². The second kappa shape index (κ2) is 15.7. The van der Waals surface area contributed by atoms with Crippen LogP contribution in [0.2, 0.25) is 5.02 Å². The van der Waals surface area contributed by atoms with Crippen molar-refractivity contribution in [3.05, 3.63) is 77.3 Å². The van der Waals surface area contributed by atoms with Crippen molar-refractivity contribution in [1.29, 1.82) is 0 Å². The highest BCUT2D eigenvalue weighted by molar-refractivity contribution is 7.92. The third kappa shape index (κ3) is 8.35. The fraction of sp³-hybridized carbons (Fsp3) is 0.375. The van der Waals surface area contributed by atoms with Gasteiger partial charge in [0, 0.05) is 23.7 Å². The summed E-state index contributed by atoms with van der Waals surface area (Å²) in [5, 5.41) is 3.33. The van der Waals surface area contributed by atoms with Gasteiger partial charge in [0.25, 0.3) is 10.0 Å². The number of hydrogen-bond donors (Lipinski definition) is 1. The summed E-state index contributed by atoms with van der Waals surface area (Å²) in [4.78, 5) is 28.6. The monoisotopic (exact) mass is 645 g/mol. The zero-order valence-electron chi connectivity index (χ0n) is 25.9. The number of hydrogen-bond acceptors (Lipinski definition) is 7. The minimum absolute atomic E-state index is 0.0128. The quantitative estimate of drug-likeness (QED) is 0.239. The molecule has 0 unspecified atom stereocenters. The standard InChI is InChI=1S/C32H40ClN3O7S/c1-7-22(3)34-32(38)23(4)35(20-24-11-9-10-12-28(24)33)31(37)21-36(25-13-15-26(16-14-25)43-8-2)44(39,40)27-17-18-29(41-5)30(19-27)42-6/h9-19,22-23H,7-8,20-21H2,1-6H3,(H,34,38)/t22-,23+/m1/s1. The van der Waals surface area contributed by atoms with Crippen LogP contribution in [0, 0.1) is 0 Å². The molecule has 44 heavy (non-hydrogen) atoms. The molecule has 0 saturated heterocycles. The first-order valence-corrected chi connectivity index (χ1v) is 16.1. The predicted octanol–water partition coefficient (Wildman–Crippen LogP) is 5.28. The zero-order chi connectivity index (χ0) is 32.4. The summed E-state index contributed by atoms with van der Waals surface area (Å²) in [5.74, 6) is 0.135. The molecule has 0 aliphatic heterocycles. The molecule has 3 aromatic rings. The van der Waals surface area contributed by atoms with E-state index in [9.17, 15) is 18.0 Å². The molecule has 0 aromatic heterocycles. The Bertz CT molecular complexity index is 1530. The normalized spacial score (nSPS) is 12.5. The lowest BCUT2D eigenvalue weighted by Crippen LogP contribution is -2.52. The van der Waals surface area contributed by atoms with E-state index in [1.165, 1.54) is 37.3 Å². The Kier molecular flexibility index (Phi) is 12.3. The molecule has 3 aromatic carbocycles. The van der Waals surface area contributed by atoms with E-state index in [-0.39, 0.29) is 34.8 Å².